The Morgan fingerprint density at radius 1 is 0.714 bits per heavy atom. The minimum Gasteiger partial charge on any atom is -0.507 e. The van der Waals surface area contributed by atoms with Crippen molar-refractivity contribution in [3.8, 4) is 11.5 Å². The molecule has 148 valence electrons. The molecule has 0 saturated carbocycles. The van der Waals surface area contributed by atoms with E-state index >= 15 is 0 Å². The smallest absolute Gasteiger partial charge is 0.220 e. The minimum absolute atomic E-state index is 0.0307. The second kappa shape index (κ2) is 9.20. The Balaban J connectivity index is 0.000000161. The van der Waals surface area contributed by atoms with Crippen LogP contribution in [0.4, 0.5) is 0 Å². The Labute approximate surface area is 162 Å². The lowest BCUT2D eigenvalue weighted by Gasteiger charge is -2.02. The van der Waals surface area contributed by atoms with Crippen LogP contribution < -0.4 is 0 Å². The summed E-state index contributed by atoms with van der Waals surface area (Å²) in [4.78, 5) is 8.24. The van der Waals surface area contributed by atoms with Gasteiger partial charge in [-0.3, -0.25) is 0 Å². The number of hydrogen-bond acceptors (Lipinski definition) is 8. The number of rotatable bonds is 4. The van der Waals surface area contributed by atoms with Gasteiger partial charge in [0.2, 0.25) is 11.8 Å². The second-order valence-electron chi connectivity index (χ2n) is 6.20. The monoisotopic (exact) mass is 386 g/mol. The van der Waals surface area contributed by atoms with Crippen LogP contribution in [0.2, 0.25) is 0 Å². The summed E-state index contributed by atoms with van der Waals surface area (Å²) in [5.41, 5.74) is 1.15. The Kier molecular flexibility index (Phi) is 6.46. The van der Waals surface area contributed by atoms with Gasteiger partial charge in [0.05, 0.1) is 24.3 Å². The van der Waals surface area contributed by atoms with E-state index in [4.69, 9.17) is 19.7 Å². The normalized spacial score (nSPS) is 20.4. The number of para-hydroxylation sites is 2. The quantitative estimate of drug-likeness (QED) is 0.623. The summed E-state index contributed by atoms with van der Waals surface area (Å²) in [5, 5.41) is 36.7. The molecule has 2 heterocycles. The Morgan fingerprint density at radius 3 is 1.43 bits per heavy atom. The van der Waals surface area contributed by atoms with Crippen molar-refractivity contribution in [2.24, 2.45) is 9.98 Å². The van der Waals surface area contributed by atoms with Gasteiger partial charge in [0.25, 0.3) is 0 Å². The predicted molar refractivity (Wildman–Crippen MR) is 103 cm³/mol. The first-order valence-corrected chi connectivity index (χ1v) is 8.82. The number of aromatic hydroxyl groups is 2. The first kappa shape index (κ1) is 19.7. The van der Waals surface area contributed by atoms with E-state index in [1.165, 1.54) is 0 Å². The summed E-state index contributed by atoms with van der Waals surface area (Å²) in [6.07, 6.45) is 0. The molecule has 0 aromatic heterocycles. The first-order chi connectivity index (χ1) is 13.6. The lowest BCUT2D eigenvalue weighted by Crippen LogP contribution is -2.10. The SMILES string of the molecule is OC[C@H]1COC(c2ccccc2O)=N1.OC[C@H]1COC(c2ccccc2O)=N1. The molecule has 4 N–H and O–H groups in total. The third kappa shape index (κ3) is 4.59. The van der Waals surface area contributed by atoms with Gasteiger partial charge in [-0.2, -0.15) is 0 Å². The van der Waals surface area contributed by atoms with E-state index in [1.807, 2.05) is 0 Å². The number of aliphatic hydroxyl groups is 2. The van der Waals surface area contributed by atoms with Crippen molar-refractivity contribution in [2.75, 3.05) is 26.4 Å². The molecule has 0 aliphatic carbocycles. The highest BCUT2D eigenvalue weighted by molar-refractivity contribution is 5.98. The molecular formula is C20H22N2O6. The zero-order valence-corrected chi connectivity index (χ0v) is 15.1. The number of nitrogens with zero attached hydrogens (tertiary/aromatic N) is 2. The summed E-state index contributed by atoms with van der Waals surface area (Å²) in [5.74, 6) is 1.10. The van der Waals surface area contributed by atoms with Crippen LogP contribution in [0, 0.1) is 0 Å². The number of aliphatic imine (C=N–C) groups is 2. The molecule has 2 aromatic rings. The summed E-state index contributed by atoms with van der Waals surface area (Å²) in [6, 6.07) is 13.3. The van der Waals surface area contributed by atoms with Gasteiger partial charge < -0.3 is 29.9 Å². The van der Waals surface area contributed by atoms with Gasteiger partial charge in [0, 0.05) is 0 Å². The third-order valence-corrected chi connectivity index (χ3v) is 4.11. The van der Waals surface area contributed by atoms with E-state index in [0.717, 1.165) is 0 Å². The summed E-state index contributed by atoms with van der Waals surface area (Å²) >= 11 is 0. The van der Waals surface area contributed by atoms with E-state index in [0.29, 0.717) is 36.1 Å². The van der Waals surface area contributed by atoms with Gasteiger partial charge in [0.15, 0.2) is 0 Å². The van der Waals surface area contributed by atoms with Crippen LogP contribution in [0.15, 0.2) is 58.5 Å². The molecule has 0 bridgehead atoms. The minimum atomic E-state index is -0.204. The van der Waals surface area contributed by atoms with Crippen molar-refractivity contribution in [1.82, 2.24) is 0 Å². The van der Waals surface area contributed by atoms with Crippen LogP contribution in [0.25, 0.3) is 0 Å². The molecule has 2 aliphatic rings. The molecule has 0 amide bonds. The Morgan fingerprint density at radius 2 is 1.11 bits per heavy atom. The first-order valence-electron chi connectivity index (χ1n) is 8.82. The van der Waals surface area contributed by atoms with Crippen molar-refractivity contribution in [1.29, 1.82) is 0 Å². The van der Waals surface area contributed by atoms with Crippen molar-refractivity contribution in [3.63, 3.8) is 0 Å². The summed E-state index contributed by atoms with van der Waals surface area (Å²) in [7, 11) is 0. The number of aliphatic hydroxyl groups excluding tert-OH is 2. The molecule has 4 rings (SSSR count). The van der Waals surface area contributed by atoms with E-state index < -0.39 is 0 Å². The number of ether oxygens (including phenoxy) is 2. The van der Waals surface area contributed by atoms with Crippen LogP contribution in [-0.2, 0) is 9.47 Å². The van der Waals surface area contributed by atoms with E-state index in [2.05, 4.69) is 9.98 Å². The Hall–Kier alpha value is -3.10. The maximum atomic E-state index is 9.51. The van der Waals surface area contributed by atoms with Gasteiger partial charge >= 0.3 is 0 Å². The zero-order chi connectivity index (χ0) is 19.9. The standard InChI is InChI=1S/2C10H11NO3/c2*12-5-7-6-14-10(11-7)8-3-1-2-4-9(8)13/h2*1-4,7,12-13H,5-6H2/t2*7-/m00/s1. The number of phenolic OH excluding ortho intramolecular Hbond substituents is 2. The van der Waals surface area contributed by atoms with Gasteiger partial charge in [0.1, 0.15) is 36.8 Å². The maximum Gasteiger partial charge on any atom is 0.220 e. The lowest BCUT2D eigenvalue weighted by atomic mass is 10.2. The molecular weight excluding hydrogens is 364 g/mol. The maximum absolute atomic E-state index is 9.51. The van der Waals surface area contributed by atoms with Crippen LogP contribution in [0.5, 0.6) is 11.5 Å². The van der Waals surface area contributed by atoms with Gasteiger partial charge in [-0.25, -0.2) is 9.98 Å². The van der Waals surface area contributed by atoms with E-state index in [1.54, 1.807) is 48.5 Å². The molecule has 0 spiro atoms. The highest BCUT2D eigenvalue weighted by atomic mass is 16.5. The fourth-order valence-electron chi connectivity index (χ4n) is 2.62. The highest BCUT2D eigenvalue weighted by Crippen LogP contribution is 2.21. The van der Waals surface area contributed by atoms with Crippen molar-refractivity contribution >= 4 is 11.8 Å². The van der Waals surface area contributed by atoms with E-state index in [-0.39, 0.29) is 36.8 Å². The average Bonchev–Trinajstić information content (AvgIpc) is 3.39. The van der Waals surface area contributed by atoms with Crippen molar-refractivity contribution in [3.05, 3.63) is 59.7 Å². The van der Waals surface area contributed by atoms with Crippen LogP contribution in [0.1, 0.15) is 11.1 Å². The molecule has 2 aliphatic heterocycles. The Bertz CT molecular complexity index is 796. The van der Waals surface area contributed by atoms with Crippen LogP contribution in [-0.4, -0.2) is 70.7 Å². The number of hydrogen-bond donors (Lipinski definition) is 4. The number of benzene rings is 2. The molecule has 2 atom stereocenters. The summed E-state index contributed by atoms with van der Waals surface area (Å²) in [6.45, 7) is 0.689. The van der Waals surface area contributed by atoms with Gasteiger partial charge in [-0.15, -0.1) is 0 Å². The highest BCUT2D eigenvalue weighted by Gasteiger charge is 2.21. The summed E-state index contributed by atoms with van der Waals surface area (Å²) < 4.78 is 10.5. The molecule has 0 fully saturated rings. The zero-order valence-electron chi connectivity index (χ0n) is 15.1. The molecule has 8 nitrogen and oxygen atoms in total. The molecule has 0 saturated heterocycles. The topological polar surface area (TPSA) is 124 Å². The van der Waals surface area contributed by atoms with Crippen molar-refractivity contribution in [2.45, 2.75) is 12.1 Å². The fourth-order valence-corrected chi connectivity index (χ4v) is 2.62. The fraction of sp³-hybridized carbons (Fsp3) is 0.300. The predicted octanol–water partition coefficient (Wildman–Crippen LogP) is 1.06. The number of phenols is 2. The van der Waals surface area contributed by atoms with Crippen molar-refractivity contribution < 1.29 is 29.9 Å². The lowest BCUT2D eigenvalue weighted by molar-refractivity contribution is 0.227. The molecule has 0 radical (unpaired) electrons. The molecule has 28 heavy (non-hydrogen) atoms. The molecule has 8 heteroatoms. The molecule has 0 unspecified atom stereocenters. The average molecular weight is 386 g/mol. The van der Waals surface area contributed by atoms with E-state index in [9.17, 15) is 10.2 Å². The van der Waals surface area contributed by atoms with Crippen LogP contribution >= 0.6 is 0 Å². The molecule has 2 aromatic carbocycles. The largest absolute Gasteiger partial charge is 0.507 e. The van der Waals surface area contributed by atoms with Gasteiger partial charge in [-0.1, -0.05) is 24.3 Å². The van der Waals surface area contributed by atoms with Gasteiger partial charge in [-0.05, 0) is 24.3 Å². The third-order valence-electron chi connectivity index (χ3n) is 4.11. The second-order valence-corrected chi connectivity index (χ2v) is 6.20. The van der Waals surface area contributed by atoms with Crippen LogP contribution in [0.3, 0.4) is 0 Å².